The zero-order valence-corrected chi connectivity index (χ0v) is 14.3. The molecular formula is C19H21NO4. The first-order valence-corrected chi connectivity index (χ1v) is 7.58. The van der Waals surface area contributed by atoms with Crippen LogP contribution in [0.2, 0.25) is 0 Å². The molecule has 0 unspecified atom stereocenters. The number of hydroxylamine groups is 1. The van der Waals surface area contributed by atoms with Gasteiger partial charge < -0.3 is 9.57 Å². The fourth-order valence-corrected chi connectivity index (χ4v) is 2.00. The fraction of sp³-hybridized carbons (Fsp3) is 0.263. The number of carbonyl (C=O) groups is 2. The van der Waals surface area contributed by atoms with Crippen molar-refractivity contribution in [1.82, 2.24) is 5.48 Å². The number of amides is 1. The average Bonchev–Trinajstić information content (AvgIpc) is 2.58. The number of benzene rings is 2. The van der Waals surface area contributed by atoms with Crippen molar-refractivity contribution in [3.8, 4) is 16.9 Å². The maximum Gasteiger partial charge on any atom is 0.337 e. The summed E-state index contributed by atoms with van der Waals surface area (Å²) in [5, 5.41) is 0. The Balaban J connectivity index is 2.21. The Labute approximate surface area is 141 Å². The largest absolute Gasteiger partial charge is 0.497 e. The minimum Gasteiger partial charge on any atom is -0.497 e. The highest BCUT2D eigenvalue weighted by atomic mass is 16.7. The van der Waals surface area contributed by atoms with E-state index in [-0.39, 0.29) is 0 Å². The van der Waals surface area contributed by atoms with E-state index in [4.69, 9.17) is 9.57 Å². The first-order valence-electron chi connectivity index (χ1n) is 7.58. The molecule has 1 N–H and O–H groups in total. The van der Waals surface area contributed by atoms with Crippen LogP contribution in [-0.2, 0) is 9.63 Å². The number of hydrogen-bond donors (Lipinski definition) is 1. The highest BCUT2D eigenvalue weighted by Crippen LogP contribution is 2.26. The molecule has 2 aromatic carbocycles. The fourth-order valence-electron chi connectivity index (χ4n) is 2.00. The number of hydrogen-bond acceptors (Lipinski definition) is 4. The maximum absolute atomic E-state index is 12.4. The van der Waals surface area contributed by atoms with Crippen molar-refractivity contribution < 1.29 is 19.2 Å². The number of rotatable bonds is 3. The van der Waals surface area contributed by atoms with E-state index < -0.39 is 17.3 Å². The van der Waals surface area contributed by atoms with Crippen molar-refractivity contribution in [3.63, 3.8) is 0 Å². The third-order valence-electron chi connectivity index (χ3n) is 3.42. The van der Waals surface area contributed by atoms with Gasteiger partial charge in [0, 0.05) is 0 Å². The molecule has 24 heavy (non-hydrogen) atoms. The maximum atomic E-state index is 12.4. The van der Waals surface area contributed by atoms with Crippen LogP contribution in [0.1, 0.15) is 31.1 Å². The summed E-state index contributed by atoms with van der Waals surface area (Å²) in [7, 11) is 1.60. The summed E-state index contributed by atoms with van der Waals surface area (Å²) in [6, 6.07) is 14.5. The van der Waals surface area contributed by atoms with E-state index in [1.54, 1.807) is 40.0 Å². The van der Waals surface area contributed by atoms with Gasteiger partial charge in [0.2, 0.25) is 0 Å². The predicted molar refractivity (Wildman–Crippen MR) is 91.4 cm³/mol. The summed E-state index contributed by atoms with van der Waals surface area (Å²) in [6.45, 7) is 5.15. The smallest absolute Gasteiger partial charge is 0.337 e. The van der Waals surface area contributed by atoms with Crippen LogP contribution in [0.5, 0.6) is 5.75 Å². The van der Waals surface area contributed by atoms with Crippen molar-refractivity contribution in [2.45, 2.75) is 20.8 Å². The van der Waals surface area contributed by atoms with E-state index in [2.05, 4.69) is 5.48 Å². The van der Waals surface area contributed by atoms with Crippen molar-refractivity contribution in [1.29, 1.82) is 0 Å². The molecule has 126 valence electrons. The first-order chi connectivity index (χ1) is 11.3. The Bertz CT molecular complexity index is 730. The zero-order chi connectivity index (χ0) is 17.7. The second-order valence-electron chi connectivity index (χ2n) is 6.34. The molecule has 0 saturated carbocycles. The molecule has 2 aromatic rings. The summed E-state index contributed by atoms with van der Waals surface area (Å²) in [6.07, 6.45) is 0. The molecule has 0 aromatic heterocycles. The van der Waals surface area contributed by atoms with Gasteiger partial charge in [-0.1, -0.05) is 30.3 Å². The Hall–Kier alpha value is -2.82. The molecule has 0 aliphatic rings. The van der Waals surface area contributed by atoms with Crippen LogP contribution < -0.4 is 10.2 Å². The Morgan fingerprint density at radius 2 is 1.58 bits per heavy atom. The summed E-state index contributed by atoms with van der Waals surface area (Å²) in [4.78, 5) is 29.0. The molecule has 2 rings (SSSR count). The van der Waals surface area contributed by atoms with E-state index in [0.29, 0.717) is 5.56 Å². The van der Waals surface area contributed by atoms with Gasteiger partial charge in [-0.15, -0.1) is 0 Å². The molecule has 0 aliphatic heterocycles. The van der Waals surface area contributed by atoms with Gasteiger partial charge in [0.05, 0.1) is 18.1 Å². The van der Waals surface area contributed by atoms with Crippen LogP contribution in [0, 0.1) is 5.41 Å². The van der Waals surface area contributed by atoms with Crippen molar-refractivity contribution in [2.75, 3.05) is 7.11 Å². The predicted octanol–water partition coefficient (Wildman–Crippen LogP) is 3.60. The van der Waals surface area contributed by atoms with Crippen molar-refractivity contribution in [3.05, 3.63) is 54.1 Å². The van der Waals surface area contributed by atoms with Crippen LogP contribution in [0.4, 0.5) is 0 Å². The Morgan fingerprint density at radius 3 is 2.17 bits per heavy atom. The molecule has 0 fully saturated rings. The van der Waals surface area contributed by atoms with Gasteiger partial charge >= 0.3 is 5.97 Å². The van der Waals surface area contributed by atoms with Gasteiger partial charge in [0.1, 0.15) is 5.75 Å². The molecular weight excluding hydrogens is 306 g/mol. The van der Waals surface area contributed by atoms with Crippen LogP contribution in [-0.4, -0.2) is 19.0 Å². The number of carbonyl (C=O) groups excluding carboxylic acids is 2. The molecule has 5 heteroatoms. The van der Waals surface area contributed by atoms with Crippen molar-refractivity contribution in [2.24, 2.45) is 5.41 Å². The van der Waals surface area contributed by atoms with Crippen molar-refractivity contribution >= 4 is 11.9 Å². The Morgan fingerprint density at radius 1 is 0.958 bits per heavy atom. The standard InChI is InChI=1S/C19H21NO4/c1-19(2,3)18(22)24-20-17(21)16-8-6-5-7-15(16)13-9-11-14(23-4)12-10-13/h5-12H,1-4H3,(H,20,21). The highest BCUT2D eigenvalue weighted by Gasteiger charge is 2.24. The number of nitrogens with one attached hydrogen (secondary N) is 1. The van der Waals surface area contributed by atoms with Crippen LogP contribution >= 0.6 is 0 Å². The normalized spacial score (nSPS) is 10.8. The summed E-state index contributed by atoms with van der Waals surface area (Å²) in [5.41, 5.74) is 3.56. The zero-order valence-electron chi connectivity index (χ0n) is 14.3. The molecule has 0 radical (unpaired) electrons. The minimum absolute atomic E-state index is 0.421. The van der Waals surface area contributed by atoms with Gasteiger partial charge in [-0.05, 0) is 50.1 Å². The van der Waals surface area contributed by atoms with Gasteiger partial charge in [0.15, 0.2) is 0 Å². The third kappa shape index (κ3) is 4.13. The summed E-state index contributed by atoms with van der Waals surface area (Å²) in [5.74, 6) is -0.239. The monoisotopic (exact) mass is 327 g/mol. The molecule has 0 atom stereocenters. The lowest BCUT2D eigenvalue weighted by Crippen LogP contribution is -2.33. The second kappa shape index (κ2) is 7.17. The lowest BCUT2D eigenvalue weighted by molar-refractivity contribution is -0.158. The SMILES string of the molecule is COc1ccc(-c2ccccc2C(=O)NOC(=O)C(C)(C)C)cc1. The van der Waals surface area contributed by atoms with Crippen LogP contribution in [0.25, 0.3) is 11.1 Å². The number of ether oxygens (including phenoxy) is 1. The summed E-state index contributed by atoms with van der Waals surface area (Å²) < 4.78 is 5.14. The van der Waals surface area contributed by atoms with E-state index in [9.17, 15) is 9.59 Å². The molecule has 5 nitrogen and oxygen atoms in total. The van der Waals surface area contributed by atoms with E-state index in [0.717, 1.165) is 16.9 Å². The van der Waals surface area contributed by atoms with Gasteiger partial charge in [-0.2, -0.15) is 5.48 Å². The second-order valence-corrected chi connectivity index (χ2v) is 6.34. The topological polar surface area (TPSA) is 64.6 Å². The highest BCUT2D eigenvalue weighted by molar-refractivity contribution is 6.00. The number of methoxy groups -OCH3 is 1. The lowest BCUT2D eigenvalue weighted by atomic mass is 9.98. The molecule has 0 bridgehead atoms. The van der Waals surface area contributed by atoms with Gasteiger partial charge in [-0.3, -0.25) is 4.79 Å². The molecule has 0 heterocycles. The molecule has 0 spiro atoms. The van der Waals surface area contributed by atoms with E-state index >= 15 is 0 Å². The first kappa shape index (κ1) is 17.5. The van der Waals surface area contributed by atoms with Gasteiger partial charge in [0.25, 0.3) is 5.91 Å². The molecule has 0 saturated heterocycles. The van der Waals surface area contributed by atoms with E-state index in [1.165, 1.54) is 0 Å². The van der Waals surface area contributed by atoms with Gasteiger partial charge in [-0.25, -0.2) is 4.79 Å². The average molecular weight is 327 g/mol. The minimum atomic E-state index is -0.692. The molecule has 1 amide bonds. The van der Waals surface area contributed by atoms with Crippen LogP contribution in [0.15, 0.2) is 48.5 Å². The van der Waals surface area contributed by atoms with Crippen LogP contribution in [0.3, 0.4) is 0 Å². The quantitative estimate of drug-likeness (QED) is 0.875. The van der Waals surface area contributed by atoms with E-state index in [1.807, 2.05) is 36.4 Å². The molecule has 0 aliphatic carbocycles. The third-order valence-corrected chi connectivity index (χ3v) is 3.42. The Kier molecular flexibility index (Phi) is 5.24. The summed E-state index contributed by atoms with van der Waals surface area (Å²) >= 11 is 0. The lowest BCUT2D eigenvalue weighted by Gasteiger charge is -2.16.